The van der Waals surface area contributed by atoms with Gasteiger partial charge in [-0.25, -0.2) is 4.39 Å². The van der Waals surface area contributed by atoms with Crippen LogP contribution in [0.5, 0.6) is 11.5 Å². The lowest BCUT2D eigenvalue weighted by Crippen LogP contribution is -2.33. The molecule has 0 bridgehead atoms. The van der Waals surface area contributed by atoms with Crippen molar-refractivity contribution >= 4 is 6.21 Å². The van der Waals surface area contributed by atoms with E-state index in [-0.39, 0.29) is 24.0 Å². The van der Waals surface area contributed by atoms with Crippen LogP contribution in [0.25, 0.3) is 0 Å². The number of ether oxygens (including phenoxy) is 4. The number of fused-ring (bicyclic) bond motifs is 1. The number of hydrogen-bond donors (Lipinski definition) is 1. The first-order chi connectivity index (χ1) is 15.8. The molecule has 2 aliphatic heterocycles. The fraction of sp³-hybridized carbons (Fsp3) is 0.400. The Bertz CT molecular complexity index is 1030. The van der Waals surface area contributed by atoms with Crippen molar-refractivity contribution in [1.29, 1.82) is 0 Å². The van der Waals surface area contributed by atoms with Crippen molar-refractivity contribution in [3.63, 3.8) is 0 Å². The number of nitrogens with zero attached hydrogens (tertiary/aromatic N) is 1. The van der Waals surface area contributed by atoms with Crippen molar-refractivity contribution in [2.45, 2.75) is 51.7 Å². The van der Waals surface area contributed by atoms with E-state index in [9.17, 15) is 4.39 Å². The van der Waals surface area contributed by atoms with Crippen LogP contribution in [0.15, 0.2) is 70.8 Å². The second kappa shape index (κ2) is 9.80. The van der Waals surface area contributed by atoms with Gasteiger partial charge in [-0.05, 0) is 51.0 Å². The van der Waals surface area contributed by atoms with E-state index in [1.807, 2.05) is 45.9 Å². The van der Waals surface area contributed by atoms with E-state index in [0.29, 0.717) is 19.0 Å². The van der Waals surface area contributed by atoms with Gasteiger partial charge in [0.1, 0.15) is 23.8 Å². The molecule has 1 aliphatic carbocycles. The summed E-state index contributed by atoms with van der Waals surface area (Å²) in [5, 5.41) is 7.23. The van der Waals surface area contributed by atoms with E-state index in [4.69, 9.17) is 23.8 Å². The molecule has 176 valence electrons. The highest BCUT2D eigenvalue weighted by atomic mass is 19.1. The van der Waals surface area contributed by atoms with Gasteiger partial charge in [0, 0.05) is 18.2 Å². The number of rotatable bonds is 8. The van der Waals surface area contributed by atoms with Crippen LogP contribution < -0.4 is 14.9 Å². The molecule has 4 rings (SSSR count). The van der Waals surface area contributed by atoms with Crippen molar-refractivity contribution in [1.82, 2.24) is 5.32 Å². The first kappa shape index (κ1) is 23.1. The summed E-state index contributed by atoms with van der Waals surface area (Å²) in [4.78, 5) is 5.33. The van der Waals surface area contributed by atoms with Crippen LogP contribution in [0.3, 0.4) is 0 Å². The third-order valence-electron chi connectivity index (χ3n) is 5.24. The standard InChI is InChI=1S/C25H29FN2O5/c1-5-29-24-9-7-18-10-17(6-8-23(18)28-24)16(2)31-20-11-19(26)12-21(13-20)33-27-14-22-15-30-25(3,4)32-22/h6-14,16,22-23,28H,5,15H2,1-4H3/b27-14-/t16?,22-,23?/m0/s1. The highest BCUT2D eigenvalue weighted by Crippen LogP contribution is 2.28. The molecule has 7 nitrogen and oxygen atoms in total. The van der Waals surface area contributed by atoms with Crippen LogP contribution in [-0.2, 0) is 14.2 Å². The van der Waals surface area contributed by atoms with Gasteiger partial charge >= 0.3 is 0 Å². The molecule has 3 atom stereocenters. The Morgan fingerprint density at radius 2 is 2.09 bits per heavy atom. The molecule has 3 aliphatic rings. The summed E-state index contributed by atoms with van der Waals surface area (Å²) in [7, 11) is 0. The van der Waals surface area contributed by atoms with Crippen molar-refractivity contribution in [3.05, 3.63) is 71.4 Å². The first-order valence-corrected chi connectivity index (χ1v) is 11.0. The highest BCUT2D eigenvalue weighted by molar-refractivity contribution is 5.63. The molecule has 0 saturated carbocycles. The minimum absolute atomic E-state index is 0.0550. The molecule has 0 radical (unpaired) electrons. The summed E-state index contributed by atoms with van der Waals surface area (Å²) in [6.45, 7) is 8.50. The molecule has 1 aromatic rings. The molecule has 1 fully saturated rings. The average molecular weight is 457 g/mol. The topological polar surface area (TPSA) is 70.5 Å². The zero-order chi connectivity index (χ0) is 23.4. The van der Waals surface area contributed by atoms with Gasteiger partial charge in [-0.1, -0.05) is 23.4 Å². The summed E-state index contributed by atoms with van der Waals surface area (Å²) < 4.78 is 36.8. The molecular weight excluding hydrogens is 427 g/mol. The number of dihydropyridines is 1. The zero-order valence-electron chi connectivity index (χ0n) is 19.2. The normalized spacial score (nSPS) is 24.3. The summed E-state index contributed by atoms with van der Waals surface area (Å²) in [6.07, 6.45) is 10.9. The Morgan fingerprint density at radius 1 is 1.27 bits per heavy atom. The lowest BCUT2D eigenvalue weighted by molar-refractivity contribution is -0.131. The smallest absolute Gasteiger partial charge is 0.187 e. The van der Waals surface area contributed by atoms with Crippen LogP contribution >= 0.6 is 0 Å². The minimum Gasteiger partial charge on any atom is -0.486 e. The number of benzene rings is 1. The lowest BCUT2D eigenvalue weighted by Gasteiger charge is -2.27. The van der Waals surface area contributed by atoms with Crippen LogP contribution in [0.1, 0.15) is 27.7 Å². The molecule has 0 spiro atoms. The summed E-state index contributed by atoms with van der Waals surface area (Å²) in [5.41, 5.74) is 2.07. The Balaban J connectivity index is 1.39. The molecular formula is C25H29FN2O5. The predicted molar refractivity (Wildman–Crippen MR) is 122 cm³/mol. The summed E-state index contributed by atoms with van der Waals surface area (Å²) in [6, 6.07) is 4.22. The SMILES string of the molecule is CCOC1=CC=C2C=C(C(C)Oc3cc(F)cc(O/N=C\[C@H]4COC(C)(C)O4)c3)C=CC2N1. The second-order valence-electron chi connectivity index (χ2n) is 8.35. The van der Waals surface area contributed by atoms with Crippen molar-refractivity contribution in [2.24, 2.45) is 5.16 Å². The Kier molecular flexibility index (Phi) is 6.85. The van der Waals surface area contributed by atoms with Crippen LogP contribution in [0.2, 0.25) is 0 Å². The van der Waals surface area contributed by atoms with E-state index < -0.39 is 11.6 Å². The van der Waals surface area contributed by atoms with Crippen molar-refractivity contribution in [2.75, 3.05) is 13.2 Å². The Morgan fingerprint density at radius 3 is 2.85 bits per heavy atom. The van der Waals surface area contributed by atoms with Crippen molar-refractivity contribution in [3.8, 4) is 11.5 Å². The predicted octanol–water partition coefficient (Wildman–Crippen LogP) is 4.38. The fourth-order valence-electron chi connectivity index (χ4n) is 3.68. The maximum absolute atomic E-state index is 14.2. The Labute approximate surface area is 193 Å². The Hall–Kier alpha value is -3.10. The molecule has 0 amide bonds. The molecule has 8 heteroatoms. The number of nitrogens with one attached hydrogen (secondary N) is 1. The van der Waals surface area contributed by atoms with Gasteiger partial charge in [-0.15, -0.1) is 0 Å². The third-order valence-corrected chi connectivity index (χ3v) is 5.24. The number of halogens is 1. The van der Waals surface area contributed by atoms with E-state index in [2.05, 4.69) is 22.6 Å². The van der Waals surface area contributed by atoms with Crippen LogP contribution in [0.4, 0.5) is 4.39 Å². The van der Waals surface area contributed by atoms with Crippen LogP contribution in [0, 0.1) is 5.82 Å². The van der Waals surface area contributed by atoms with Crippen LogP contribution in [-0.4, -0.2) is 43.5 Å². The highest BCUT2D eigenvalue weighted by Gasteiger charge is 2.31. The lowest BCUT2D eigenvalue weighted by atomic mass is 9.93. The van der Waals surface area contributed by atoms with E-state index >= 15 is 0 Å². The van der Waals surface area contributed by atoms with E-state index in [1.165, 1.54) is 18.3 Å². The molecule has 1 N–H and O–H groups in total. The molecule has 0 aromatic heterocycles. The van der Waals surface area contributed by atoms with Gasteiger partial charge in [0.15, 0.2) is 17.4 Å². The van der Waals surface area contributed by atoms with Crippen molar-refractivity contribution < 1.29 is 28.2 Å². The number of oxime groups is 1. The summed E-state index contributed by atoms with van der Waals surface area (Å²) >= 11 is 0. The number of allylic oxidation sites excluding steroid dienone is 2. The first-order valence-electron chi connectivity index (χ1n) is 11.0. The summed E-state index contributed by atoms with van der Waals surface area (Å²) in [5.74, 6) is 0.198. The molecule has 2 heterocycles. The van der Waals surface area contributed by atoms with Gasteiger partial charge < -0.3 is 29.1 Å². The minimum atomic E-state index is -0.652. The van der Waals surface area contributed by atoms with Gasteiger partial charge in [0.05, 0.1) is 25.5 Å². The van der Waals surface area contributed by atoms with E-state index in [1.54, 1.807) is 6.07 Å². The zero-order valence-corrected chi connectivity index (χ0v) is 19.2. The van der Waals surface area contributed by atoms with E-state index in [0.717, 1.165) is 17.0 Å². The molecule has 1 saturated heterocycles. The average Bonchev–Trinajstić information content (AvgIpc) is 3.11. The van der Waals surface area contributed by atoms with Gasteiger partial charge in [-0.3, -0.25) is 0 Å². The fourth-order valence-corrected chi connectivity index (χ4v) is 3.68. The molecule has 33 heavy (non-hydrogen) atoms. The molecule has 2 unspecified atom stereocenters. The largest absolute Gasteiger partial charge is 0.486 e. The monoisotopic (exact) mass is 456 g/mol. The van der Waals surface area contributed by atoms with Gasteiger partial charge in [-0.2, -0.15) is 0 Å². The second-order valence-corrected chi connectivity index (χ2v) is 8.35. The maximum atomic E-state index is 14.2. The van der Waals surface area contributed by atoms with Gasteiger partial charge in [0.25, 0.3) is 0 Å². The van der Waals surface area contributed by atoms with Gasteiger partial charge in [0.2, 0.25) is 0 Å². The maximum Gasteiger partial charge on any atom is 0.187 e. The molecule has 1 aromatic carbocycles. The third kappa shape index (κ3) is 6.03. The quantitative estimate of drug-likeness (QED) is 0.462. The number of hydrogen-bond acceptors (Lipinski definition) is 7.